The lowest BCUT2D eigenvalue weighted by Gasteiger charge is -2.60. The molecule has 0 saturated heterocycles. The van der Waals surface area contributed by atoms with Gasteiger partial charge >= 0.3 is 11.9 Å². The summed E-state index contributed by atoms with van der Waals surface area (Å²) in [4.78, 5) is 20.8. The van der Waals surface area contributed by atoms with Crippen molar-refractivity contribution in [3.05, 3.63) is 23.8 Å². The second kappa shape index (κ2) is 7.12. The van der Waals surface area contributed by atoms with Crippen LogP contribution in [0.1, 0.15) is 59.3 Å². The van der Waals surface area contributed by atoms with Gasteiger partial charge in [0.1, 0.15) is 0 Å². The van der Waals surface area contributed by atoms with Gasteiger partial charge in [-0.2, -0.15) is 0 Å². The molecule has 4 saturated carbocycles. The molecule has 4 heteroatoms. The minimum atomic E-state index is -0.935. The quantitative estimate of drug-likeness (QED) is 0.741. The molecule has 0 unspecified atom stereocenters. The van der Waals surface area contributed by atoms with Crippen molar-refractivity contribution in [1.29, 1.82) is 0 Å². The van der Waals surface area contributed by atoms with Crippen molar-refractivity contribution in [2.24, 2.45) is 29.1 Å². The van der Waals surface area contributed by atoms with E-state index >= 15 is 0 Å². The van der Waals surface area contributed by atoms with Crippen molar-refractivity contribution in [2.45, 2.75) is 59.3 Å². The summed E-state index contributed by atoms with van der Waals surface area (Å²) in [6.45, 7) is 8.63. The lowest BCUT2D eigenvalue weighted by Crippen LogP contribution is -2.51. The number of carbonyl (C=O) groups is 2. The molecule has 0 aromatic rings. The molecule has 0 aromatic carbocycles. The van der Waals surface area contributed by atoms with Crippen LogP contribution in [0.4, 0.5) is 0 Å². The smallest absolute Gasteiger partial charge is 0.330 e. The van der Waals surface area contributed by atoms with Gasteiger partial charge in [0.15, 0.2) is 0 Å². The highest BCUT2D eigenvalue weighted by atomic mass is 16.4. The average molecular weight is 334 g/mol. The molecule has 4 nitrogen and oxygen atoms in total. The number of carboxylic acid groups (broad SMARTS) is 2. The molecule has 0 heterocycles. The average Bonchev–Trinajstić information content (AvgIpc) is 2.50. The van der Waals surface area contributed by atoms with E-state index in [4.69, 9.17) is 5.11 Å². The third-order valence-corrected chi connectivity index (χ3v) is 6.46. The molecule has 134 valence electrons. The molecule has 0 atom stereocenters. The Morgan fingerprint density at radius 2 is 1.42 bits per heavy atom. The van der Waals surface area contributed by atoms with E-state index in [1.54, 1.807) is 6.92 Å². The van der Waals surface area contributed by atoms with E-state index in [2.05, 4.69) is 19.6 Å². The molecule has 2 N–H and O–H groups in total. The Kier molecular flexibility index (Phi) is 5.56. The van der Waals surface area contributed by atoms with Crippen molar-refractivity contribution in [2.75, 3.05) is 0 Å². The number of carboxylic acids is 2. The van der Waals surface area contributed by atoms with Gasteiger partial charge in [0, 0.05) is 11.1 Å². The Morgan fingerprint density at radius 3 is 1.71 bits per heavy atom. The molecule has 4 aliphatic carbocycles. The van der Waals surface area contributed by atoms with Crippen LogP contribution in [0.5, 0.6) is 0 Å². The highest BCUT2D eigenvalue weighted by Crippen LogP contribution is 2.64. The van der Waals surface area contributed by atoms with Gasteiger partial charge in [0.2, 0.25) is 0 Å². The standard InChI is InChI=1S/C16H24O2.C4H6O2/c1-3-16(9-10(2)15(17)18)13-5-11-4-12(7-13)8-14(16)6-11;1-3(2)4(5)6/h9,11-14H,3-8H2,1-2H3,(H,17,18);1H2,2H3,(H,5,6). The largest absolute Gasteiger partial charge is 0.478 e. The third-order valence-electron chi connectivity index (χ3n) is 6.46. The van der Waals surface area contributed by atoms with Crippen LogP contribution >= 0.6 is 0 Å². The van der Waals surface area contributed by atoms with Gasteiger partial charge in [-0.15, -0.1) is 0 Å². The normalized spacial score (nSPS) is 36.7. The fraction of sp³-hybridized carbons (Fsp3) is 0.700. The molecule has 0 amide bonds. The van der Waals surface area contributed by atoms with Crippen molar-refractivity contribution in [1.82, 2.24) is 0 Å². The Balaban J connectivity index is 0.000000301. The van der Waals surface area contributed by atoms with E-state index < -0.39 is 11.9 Å². The van der Waals surface area contributed by atoms with Gasteiger partial charge in [-0.3, -0.25) is 0 Å². The summed E-state index contributed by atoms with van der Waals surface area (Å²) >= 11 is 0. The van der Waals surface area contributed by atoms with Crippen LogP contribution < -0.4 is 0 Å². The highest BCUT2D eigenvalue weighted by Gasteiger charge is 2.55. The second-order valence-corrected chi connectivity index (χ2v) is 7.99. The predicted octanol–water partition coefficient (Wildman–Crippen LogP) is 4.52. The van der Waals surface area contributed by atoms with Gasteiger partial charge in [0.25, 0.3) is 0 Å². The van der Waals surface area contributed by atoms with Crippen LogP contribution in [-0.2, 0) is 9.59 Å². The van der Waals surface area contributed by atoms with Gasteiger partial charge in [-0.1, -0.05) is 19.6 Å². The fourth-order valence-corrected chi connectivity index (χ4v) is 5.44. The van der Waals surface area contributed by atoms with Gasteiger partial charge < -0.3 is 10.2 Å². The number of hydrogen-bond acceptors (Lipinski definition) is 2. The maximum absolute atomic E-state index is 11.2. The van der Waals surface area contributed by atoms with Gasteiger partial charge in [-0.05, 0) is 81.5 Å². The molecule has 0 spiro atoms. The number of aliphatic carboxylic acids is 2. The first-order valence-electron chi connectivity index (χ1n) is 9.01. The minimum absolute atomic E-state index is 0.176. The molecule has 0 aliphatic heterocycles. The van der Waals surface area contributed by atoms with E-state index in [0.29, 0.717) is 5.57 Å². The maximum atomic E-state index is 11.2. The monoisotopic (exact) mass is 334 g/mol. The van der Waals surface area contributed by atoms with Crippen LogP contribution in [0.2, 0.25) is 0 Å². The van der Waals surface area contributed by atoms with Crippen molar-refractivity contribution in [3.8, 4) is 0 Å². The summed E-state index contributed by atoms with van der Waals surface area (Å²) in [6, 6.07) is 0. The Bertz CT molecular complexity index is 518. The van der Waals surface area contributed by atoms with Crippen LogP contribution in [-0.4, -0.2) is 22.2 Å². The molecule has 4 aliphatic rings. The molecule has 24 heavy (non-hydrogen) atoms. The minimum Gasteiger partial charge on any atom is -0.478 e. The third kappa shape index (κ3) is 3.57. The first kappa shape index (κ1) is 18.8. The summed E-state index contributed by atoms with van der Waals surface area (Å²) in [5, 5.41) is 17.1. The summed E-state index contributed by atoms with van der Waals surface area (Å²) in [5.41, 5.74) is 0.940. The first-order chi connectivity index (χ1) is 11.2. The van der Waals surface area contributed by atoms with Gasteiger partial charge in [-0.25, -0.2) is 9.59 Å². The van der Waals surface area contributed by atoms with Crippen LogP contribution in [0, 0.1) is 29.1 Å². The highest BCUT2D eigenvalue weighted by molar-refractivity contribution is 5.86. The van der Waals surface area contributed by atoms with Gasteiger partial charge in [0.05, 0.1) is 0 Å². The number of rotatable bonds is 4. The molecule has 4 rings (SSSR count). The zero-order chi connectivity index (χ0) is 18.1. The van der Waals surface area contributed by atoms with Crippen molar-refractivity contribution < 1.29 is 19.8 Å². The molecular formula is C20H30O4. The van der Waals surface area contributed by atoms with Crippen molar-refractivity contribution in [3.63, 3.8) is 0 Å². The molecular weight excluding hydrogens is 304 g/mol. The Morgan fingerprint density at radius 1 is 1.00 bits per heavy atom. The SMILES string of the molecule is C=C(C)C(=O)O.CCC1(C=C(C)C(=O)O)C2CC3CC(C2)CC1C3. The maximum Gasteiger partial charge on any atom is 0.330 e. The number of hydrogen-bond donors (Lipinski definition) is 2. The van der Waals surface area contributed by atoms with E-state index in [0.717, 1.165) is 30.1 Å². The zero-order valence-electron chi connectivity index (χ0n) is 15.0. The summed E-state index contributed by atoms with van der Waals surface area (Å²) in [7, 11) is 0. The second-order valence-electron chi connectivity index (χ2n) is 7.99. The summed E-state index contributed by atoms with van der Waals surface area (Å²) in [5.74, 6) is 1.74. The van der Waals surface area contributed by atoms with Crippen LogP contribution in [0.3, 0.4) is 0 Å². The van der Waals surface area contributed by atoms with Crippen molar-refractivity contribution >= 4 is 11.9 Å². The summed E-state index contributed by atoms with van der Waals surface area (Å²) < 4.78 is 0. The van der Waals surface area contributed by atoms with Crippen LogP contribution in [0.15, 0.2) is 23.8 Å². The Hall–Kier alpha value is -1.58. The Labute approximate surface area is 144 Å². The zero-order valence-corrected chi connectivity index (χ0v) is 15.0. The molecule has 0 radical (unpaired) electrons. The van der Waals surface area contributed by atoms with E-state index in [-0.39, 0.29) is 11.0 Å². The lowest BCUT2D eigenvalue weighted by atomic mass is 9.44. The van der Waals surface area contributed by atoms with E-state index in [1.165, 1.54) is 39.0 Å². The lowest BCUT2D eigenvalue weighted by molar-refractivity contribution is -0.133. The molecule has 4 bridgehead atoms. The fourth-order valence-electron chi connectivity index (χ4n) is 5.44. The molecule has 0 aromatic heterocycles. The summed E-state index contributed by atoms with van der Waals surface area (Å²) in [6.07, 6.45) is 10.1. The predicted molar refractivity (Wildman–Crippen MR) is 93.6 cm³/mol. The molecule has 4 fully saturated rings. The number of allylic oxidation sites excluding steroid dienone is 1. The van der Waals surface area contributed by atoms with Crippen LogP contribution in [0.25, 0.3) is 0 Å². The topological polar surface area (TPSA) is 74.6 Å². The first-order valence-corrected chi connectivity index (χ1v) is 9.01. The van der Waals surface area contributed by atoms with E-state index in [1.807, 2.05) is 0 Å². The van der Waals surface area contributed by atoms with E-state index in [9.17, 15) is 14.7 Å².